The molecule has 1 atom stereocenters. The summed E-state index contributed by atoms with van der Waals surface area (Å²) in [4.78, 5) is 8.95. The quantitative estimate of drug-likeness (QED) is 0.798. The minimum absolute atomic E-state index is 0.156. The van der Waals surface area contributed by atoms with Crippen molar-refractivity contribution >= 4 is 21.7 Å². The van der Waals surface area contributed by atoms with Gasteiger partial charge in [-0.25, -0.2) is 22.7 Å². The number of piperidine rings is 1. The van der Waals surface area contributed by atoms with Crippen LogP contribution in [0.1, 0.15) is 37.0 Å². The summed E-state index contributed by atoms with van der Waals surface area (Å²) in [5.74, 6) is 2.53. The Labute approximate surface area is 154 Å². The number of aryl methyl sites for hydroxylation is 2. The summed E-state index contributed by atoms with van der Waals surface area (Å²) in [6.45, 7) is 6.69. The van der Waals surface area contributed by atoms with Gasteiger partial charge in [-0.15, -0.1) is 0 Å². The fourth-order valence-electron chi connectivity index (χ4n) is 3.34. The van der Waals surface area contributed by atoms with Crippen LogP contribution in [0.2, 0.25) is 0 Å². The number of nitrogens with one attached hydrogen (secondary N) is 2. The molecule has 8 nitrogen and oxygen atoms in total. The number of nitrogens with zero attached hydrogens (tertiary/aromatic N) is 4. The lowest BCUT2D eigenvalue weighted by atomic mass is 9.94. The monoisotopic (exact) mass is 378 g/mol. The topological polar surface area (TPSA) is 104 Å². The van der Waals surface area contributed by atoms with Gasteiger partial charge in [-0.05, 0) is 46.0 Å². The van der Waals surface area contributed by atoms with Crippen molar-refractivity contribution in [2.45, 2.75) is 40.0 Å². The highest BCUT2D eigenvalue weighted by Gasteiger charge is 2.28. The summed E-state index contributed by atoms with van der Waals surface area (Å²) >= 11 is 0. The van der Waals surface area contributed by atoms with Crippen LogP contribution in [0.5, 0.6) is 0 Å². The summed E-state index contributed by atoms with van der Waals surface area (Å²) in [5.41, 5.74) is 1.89. The molecule has 0 radical (unpaired) electrons. The molecule has 3 heterocycles. The smallest absolute Gasteiger partial charge is 0.213 e. The van der Waals surface area contributed by atoms with Crippen LogP contribution in [0.3, 0.4) is 0 Å². The number of hydrogen-bond donors (Lipinski definition) is 2. The highest BCUT2D eigenvalue weighted by atomic mass is 32.2. The van der Waals surface area contributed by atoms with Gasteiger partial charge in [0.15, 0.2) is 5.82 Å². The Hall–Kier alpha value is -2.00. The zero-order valence-electron chi connectivity index (χ0n) is 15.5. The highest BCUT2D eigenvalue weighted by Crippen LogP contribution is 2.23. The van der Waals surface area contributed by atoms with Gasteiger partial charge in [-0.2, -0.15) is 5.10 Å². The van der Waals surface area contributed by atoms with E-state index < -0.39 is 10.0 Å². The lowest BCUT2D eigenvalue weighted by Crippen LogP contribution is -2.41. The Morgan fingerprint density at radius 1 is 1.27 bits per heavy atom. The Bertz CT molecular complexity index is 864. The Kier molecular flexibility index (Phi) is 5.57. The first kappa shape index (κ1) is 18.8. The maximum Gasteiger partial charge on any atom is 0.213 e. The van der Waals surface area contributed by atoms with Gasteiger partial charge in [0.25, 0.3) is 0 Å². The highest BCUT2D eigenvalue weighted by molar-refractivity contribution is 7.89. The van der Waals surface area contributed by atoms with Crippen LogP contribution in [-0.2, 0) is 16.4 Å². The van der Waals surface area contributed by atoms with Crippen molar-refractivity contribution in [3.8, 4) is 0 Å². The maximum absolute atomic E-state index is 12.1. The molecule has 1 aliphatic rings. The normalized spacial score (nSPS) is 18.8. The average Bonchev–Trinajstić information content (AvgIpc) is 2.99. The largest absolute Gasteiger partial charge is 0.323 e. The molecule has 0 unspecified atom stereocenters. The zero-order chi connectivity index (χ0) is 18.7. The summed E-state index contributed by atoms with van der Waals surface area (Å²) in [7, 11) is -3.12. The first-order valence-corrected chi connectivity index (χ1v) is 10.6. The Balaban J connectivity index is 1.71. The molecule has 0 aromatic carbocycles. The maximum atomic E-state index is 12.1. The third kappa shape index (κ3) is 4.59. The second kappa shape index (κ2) is 7.71. The van der Waals surface area contributed by atoms with Gasteiger partial charge < -0.3 is 5.32 Å². The summed E-state index contributed by atoms with van der Waals surface area (Å²) in [6.07, 6.45) is 2.65. The minimum atomic E-state index is -3.12. The minimum Gasteiger partial charge on any atom is -0.323 e. The molecule has 0 saturated carbocycles. The van der Waals surface area contributed by atoms with Gasteiger partial charge in [0.1, 0.15) is 11.6 Å². The van der Waals surface area contributed by atoms with Crippen molar-refractivity contribution in [2.24, 2.45) is 5.92 Å². The Morgan fingerprint density at radius 3 is 2.77 bits per heavy atom. The molecular weight excluding hydrogens is 352 g/mol. The standard InChI is InChI=1S/C17H26N6O2S/c1-4-26(24,25)23-7-5-6-14(11-23)9-15-10-16(19-13(3)18-15)20-17-8-12(2)21-22-17/h8,10,14H,4-7,9,11H2,1-3H3,(H2,18,19,20,21,22)/t14-/m1/s1. The summed E-state index contributed by atoms with van der Waals surface area (Å²) in [5, 5.41) is 10.2. The van der Waals surface area contributed by atoms with E-state index in [9.17, 15) is 8.42 Å². The number of aromatic amines is 1. The molecule has 26 heavy (non-hydrogen) atoms. The molecule has 2 aromatic heterocycles. The zero-order valence-corrected chi connectivity index (χ0v) is 16.3. The van der Waals surface area contributed by atoms with Crippen LogP contribution in [0.15, 0.2) is 12.1 Å². The van der Waals surface area contributed by atoms with Crippen molar-refractivity contribution in [3.05, 3.63) is 29.3 Å². The van der Waals surface area contributed by atoms with Gasteiger partial charge in [0.05, 0.1) is 5.75 Å². The number of aromatic nitrogens is 4. The molecule has 0 spiro atoms. The van der Waals surface area contributed by atoms with E-state index in [4.69, 9.17) is 0 Å². The van der Waals surface area contributed by atoms with Crippen LogP contribution in [0.25, 0.3) is 0 Å². The second-order valence-corrected chi connectivity index (χ2v) is 9.08. The average molecular weight is 379 g/mol. The van der Waals surface area contributed by atoms with E-state index >= 15 is 0 Å². The summed E-state index contributed by atoms with van der Waals surface area (Å²) in [6, 6.07) is 3.83. The fraction of sp³-hybridized carbons (Fsp3) is 0.588. The number of hydrogen-bond acceptors (Lipinski definition) is 6. The van der Waals surface area contributed by atoms with E-state index in [1.54, 1.807) is 11.2 Å². The first-order chi connectivity index (χ1) is 12.4. The number of rotatable bonds is 6. The number of sulfonamides is 1. The van der Waals surface area contributed by atoms with E-state index in [-0.39, 0.29) is 11.7 Å². The lowest BCUT2D eigenvalue weighted by Gasteiger charge is -2.31. The molecule has 1 saturated heterocycles. The van der Waals surface area contributed by atoms with Crippen molar-refractivity contribution in [2.75, 3.05) is 24.2 Å². The SMILES string of the molecule is CCS(=O)(=O)N1CCC[C@H](Cc2cc(Nc3cc(C)[nH]n3)nc(C)n2)C1. The van der Waals surface area contributed by atoms with E-state index in [1.807, 2.05) is 26.0 Å². The van der Waals surface area contributed by atoms with Gasteiger partial charge in [0, 0.05) is 36.6 Å². The molecule has 2 N–H and O–H groups in total. The fourth-order valence-corrected chi connectivity index (χ4v) is 4.55. The van der Waals surface area contributed by atoms with Gasteiger partial charge in [-0.3, -0.25) is 5.10 Å². The van der Waals surface area contributed by atoms with Crippen LogP contribution in [0.4, 0.5) is 11.6 Å². The van der Waals surface area contributed by atoms with Gasteiger partial charge >= 0.3 is 0 Å². The molecule has 0 amide bonds. The van der Waals surface area contributed by atoms with Crippen LogP contribution >= 0.6 is 0 Å². The van der Waals surface area contributed by atoms with Crippen molar-refractivity contribution in [3.63, 3.8) is 0 Å². The van der Waals surface area contributed by atoms with Gasteiger partial charge in [0.2, 0.25) is 10.0 Å². The summed E-state index contributed by atoms with van der Waals surface area (Å²) < 4.78 is 25.9. The van der Waals surface area contributed by atoms with Crippen molar-refractivity contribution < 1.29 is 8.42 Å². The molecule has 2 aromatic rings. The predicted octanol–water partition coefficient (Wildman–Crippen LogP) is 2.16. The van der Waals surface area contributed by atoms with Crippen LogP contribution < -0.4 is 5.32 Å². The molecule has 0 aliphatic carbocycles. The van der Waals surface area contributed by atoms with E-state index in [1.165, 1.54) is 0 Å². The number of H-pyrrole nitrogens is 1. The molecule has 9 heteroatoms. The molecule has 0 bridgehead atoms. The molecule has 3 rings (SSSR count). The molecule has 1 fully saturated rings. The molecule has 1 aliphatic heterocycles. The van der Waals surface area contributed by atoms with Crippen molar-refractivity contribution in [1.29, 1.82) is 0 Å². The van der Waals surface area contributed by atoms with E-state index in [2.05, 4.69) is 25.5 Å². The van der Waals surface area contributed by atoms with Crippen molar-refractivity contribution in [1.82, 2.24) is 24.5 Å². The third-order valence-electron chi connectivity index (χ3n) is 4.59. The van der Waals surface area contributed by atoms with Crippen LogP contribution in [-0.4, -0.2) is 51.7 Å². The Morgan fingerprint density at radius 2 is 2.08 bits per heavy atom. The first-order valence-electron chi connectivity index (χ1n) is 8.97. The van der Waals surface area contributed by atoms with E-state index in [0.717, 1.165) is 30.7 Å². The van der Waals surface area contributed by atoms with E-state index in [0.29, 0.717) is 30.5 Å². The van der Waals surface area contributed by atoms with Gasteiger partial charge in [-0.1, -0.05) is 0 Å². The third-order valence-corrected chi connectivity index (χ3v) is 6.44. The lowest BCUT2D eigenvalue weighted by molar-refractivity contribution is 0.264. The van der Waals surface area contributed by atoms with Crippen LogP contribution in [0, 0.1) is 19.8 Å². The number of anilines is 2. The molecule has 142 valence electrons. The predicted molar refractivity (Wildman–Crippen MR) is 101 cm³/mol. The molecular formula is C17H26N6O2S. The second-order valence-electron chi connectivity index (χ2n) is 6.82.